The van der Waals surface area contributed by atoms with Crippen LogP contribution in [0.5, 0.6) is 17.2 Å². The van der Waals surface area contributed by atoms with E-state index in [9.17, 15) is 10.4 Å². The number of aliphatic imine (C=N–C) groups is 1. The number of hydrogen-bond donors (Lipinski definition) is 5. The highest BCUT2D eigenvalue weighted by molar-refractivity contribution is 5.98. The lowest BCUT2D eigenvalue weighted by molar-refractivity contribution is 0.339. The molecule has 0 saturated heterocycles. The first-order chi connectivity index (χ1) is 13.4. The Bertz CT molecular complexity index is 1040. The lowest BCUT2D eigenvalue weighted by atomic mass is 9.94. The summed E-state index contributed by atoms with van der Waals surface area (Å²) < 4.78 is 10.4. The second-order valence-electron chi connectivity index (χ2n) is 5.68. The van der Waals surface area contributed by atoms with Crippen LogP contribution in [0, 0.1) is 22.8 Å². The van der Waals surface area contributed by atoms with Crippen molar-refractivity contribution >= 4 is 23.3 Å². The Morgan fingerprint density at radius 3 is 2.39 bits per heavy atom. The van der Waals surface area contributed by atoms with Crippen LogP contribution >= 0.6 is 0 Å². The molecular formula is C17H16N8O3. The van der Waals surface area contributed by atoms with Gasteiger partial charge in [-0.15, -0.1) is 0 Å². The van der Waals surface area contributed by atoms with Crippen LogP contribution in [-0.2, 0) is 0 Å². The van der Waals surface area contributed by atoms with Crippen LogP contribution in [0.15, 0.2) is 17.1 Å². The highest BCUT2D eigenvalue weighted by Crippen LogP contribution is 2.45. The number of phenolic OH excluding ortho intramolecular Hbond substituents is 1. The highest BCUT2D eigenvalue weighted by atomic mass is 16.5. The molecule has 7 N–H and O–H groups in total. The largest absolute Gasteiger partial charge is 0.502 e. The molecule has 142 valence electrons. The number of nitrogens with two attached hydrogens (primary N) is 2. The lowest BCUT2D eigenvalue weighted by Crippen LogP contribution is -2.32. The normalized spacial score (nSPS) is 14.6. The molecule has 0 aliphatic carbocycles. The number of phenols is 1. The molecule has 1 unspecified atom stereocenters. The molecule has 1 atom stereocenters. The number of aromatic nitrogens is 1. The van der Waals surface area contributed by atoms with Crippen LogP contribution in [0.1, 0.15) is 22.7 Å². The van der Waals surface area contributed by atoms with E-state index in [1.165, 1.54) is 14.2 Å². The number of fused-ring (bicyclic) bond motifs is 1. The van der Waals surface area contributed by atoms with E-state index in [1.54, 1.807) is 18.3 Å². The summed E-state index contributed by atoms with van der Waals surface area (Å²) in [7, 11) is 2.79. The third-order valence-corrected chi connectivity index (χ3v) is 4.18. The van der Waals surface area contributed by atoms with Gasteiger partial charge >= 0.3 is 0 Å². The van der Waals surface area contributed by atoms with Crippen molar-refractivity contribution in [3.63, 3.8) is 0 Å². The monoisotopic (exact) mass is 380 g/mol. The maximum Gasteiger partial charge on any atom is 0.211 e. The van der Waals surface area contributed by atoms with Gasteiger partial charge in [0.05, 0.1) is 19.9 Å². The van der Waals surface area contributed by atoms with Gasteiger partial charge in [-0.25, -0.2) is 9.98 Å². The minimum absolute atomic E-state index is 0.0233. The summed E-state index contributed by atoms with van der Waals surface area (Å²) in [5, 5.41) is 33.7. The van der Waals surface area contributed by atoms with Gasteiger partial charge in [-0.1, -0.05) is 0 Å². The minimum Gasteiger partial charge on any atom is -0.502 e. The van der Waals surface area contributed by atoms with Crippen molar-refractivity contribution in [3.8, 4) is 29.5 Å². The molecule has 2 heterocycles. The molecule has 11 nitrogen and oxygen atoms in total. The van der Waals surface area contributed by atoms with E-state index in [1.807, 2.05) is 6.07 Å². The molecule has 1 aliphatic rings. The number of aromatic hydroxyl groups is 1. The van der Waals surface area contributed by atoms with E-state index in [0.29, 0.717) is 11.1 Å². The topological polar surface area (TPSA) is 188 Å². The molecule has 2 aromatic rings. The first-order valence-electron chi connectivity index (χ1n) is 7.88. The van der Waals surface area contributed by atoms with Crippen molar-refractivity contribution in [2.45, 2.75) is 6.04 Å². The Morgan fingerprint density at radius 1 is 1.21 bits per heavy atom. The molecule has 28 heavy (non-hydrogen) atoms. The molecule has 0 spiro atoms. The first kappa shape index (κ1) is 18.4. The SMILES string of the molecule is COc1cc(C2N=C(NC#N)Nc3nc(N)c(C#N)c(N)c32)cc(OC)c1O. The first-order valence-corrected chi connectivity index (χ1v) is 7.88. The molecule has 11 heteroatoms. The van der Waals surface area contributed by atoms with Gasteiger partial charge < -0.3 is 31.4 Å². The molecule has 3 rings (SSSR count). The van der Waals surface area contributed by atoms with Gasteiger partial charge in [-0.05, 0) is 17.7 Å². The Labute approximate surface area is 159 Å². The molecule has 1 aromatic heterocycles. The quantitative estimate of drug-likeness (QED) is 0.376. The lowest BCUT2D eigenvalue weighted by Gasteiger charge is -2.26. The number of ether oxygens (including phenoxy) is 2. The van der Waals surface area contributed by atoms with E-state index in [0.717, 1.165) is 0 Å². The fourth-order valence-electron chi connectivity index (χ4n) is 2.89. The zero-order chi connectivity index (χ0) is 20.4. The number of nitrogens with one attached hydrogen (secondary N) is 2. The maximum absolute atomic E-state index is 10.2. The fourth-order valence-corrected chi connectivity index (χ4v) is 2.89. The van der Waals surface area contributed by atoms with E-state index < -0.39 is 6.04 Å². The van der Waals surface area contributed by atoms with Gasteiger partial charge in [0.1, 0.15) is 29.3 Å². The standard InChI is InChI=1S/C17H16N8O3/c1-27-9-3-7(4-10(28-2)14(9)26)13-11-12(20)8(5-18)15(21)24-16(11)25-17(23-13)22-6-19/h3-4,13,26H,1-2H3,(H6,20,21,22,23,24,25). The summed E-state index contributed by atoms with van der Waals surface area (Å²) in [6, 6.07) is 4.25. The van der Waals surface area contributed by atoms with Crippen molar-refractivity contribution in [1.29, 1.82) is 10.5 Å². The van der Waals surface area contributed by atoms with E-state index >= 15 is 0 Å². The summed E-state index contributed by atoms with van der Waals surface area (Å²) in [5.41, 5.74) is 13.0. The number of methoxy groups -OCH3 is 2. The van der Waals surface area contributed by atoms with Crippen LogP contribution in [0.2, 0.25) is 0 Å². The molecule has 0 radical (unpaired) electrons. The summed E-state index contributed by atoms with van der Waals surface area (Å²) in [6.07, 6.45) is 1.77. The second kappa shape index (κ2) is 7.09. The average molecular weight is 380 g/mol. The van der Waals surface area contributed by atoms with Crippen molar-refractivity contribution in [1.82, 2.24) is 10.3 Å². The number of nitrogens with zero attached hydrogens (tertiary/aromatic N) is 4. The molecule has 0 fully saturated rings. The van der Waals surface area contributed by atoms with Gasteiger partial charge in [-0.2, -0.15) is 10.5 Å². The average Bonchev–Trinajstić information content (AvgIpc) is 2.68. The van der Waals surface area contributed by atoms with E-state index in [-0.39, 0.29) is 46.1 Å². The number of pyridine rings is 1. The summed E-state index contributed by atoms with van der Waals surface area (Å²) in [4.78, 5) is 8.62. The van der Waals surface area contributed by atoms with Crippen molar-refractivity contribution in [2.75, 3.05) is 31.0 Å². The van der Waals surface area contributed by atoms with Crippen LogP contribution < -0.4 is 31.6 Å². The van der Waals surface area contributed by atoms with Crippen molar-refractivity contribution in [2.24, 2.45) is 4.99 Å². The number of rotatable bonds is 3. The predicted octanol–water partition coefficient (Wildman–Crippen LogP) is 0.782. The van der Waals surface area contributed by atoms with Gasteiger partial charge in [0.2, 0.25) is 11.7 Å². The van der Waals surface area contributed by atoms with Crippen LogP contribution in [0.3, 0.4) is 0 Å². The Morgan fingerprint density at radius 2 is 1.86 bits per heavy atom. The van der Waals surface area contributed by atoms with Crippen LogP contribution in [0.4, 0.5) is 17.3 Å². The third-order valence-electron chi connectivity index (χ3n) is 4.18. The zero-order valence-corrected chi connectivity index (χ0v) is 14.9. The molecule has 1 aromatic carbocycles. The highest BCUT2D eigenvalue weighted by Gasteiger charge is 2.31. The number of hydrogen-bond acceptors (Lipinski definition) is 11. The van der Waals surface area contributed by atoms with Crippen molar-refractivity contribution < 1.29 is 14.6 Å². The Hall–Kier alpha value is -4.38. The van der Waals surface area contributed by atoms with Crippen LogP contribution in [0.25, 0.3) is 0 Å². The smallest absolute Gasteiger partial charge is 0.211 e. The summed E-state index contributed by atoms with van der Waals surface area (Å²) >= 11 is 0. The van der Waals surface area contributed by atoms with Crippen LogP contribution in [-0.4, -0.2) is 30.3 Å². The predicted molar refractivity (Wildman–Crippen MR) is 101 cm³/mol. The molecule has 1 aliphatic heterocycles. The number of guanidine groups is 1. The molecule has 0 saturated carbocycles. The molecule has 0 amide bonds. The molecular weight excluding hydrogens is 364 g/mol. The van der Waals surface area contributed by atoms with Gasteiger partial charge in [0.25, 0.3) is 0 Å². The Balaban J connectivity index is 2.29. The van der Waals surface area contributed by atoms with E-state index in [2.05, 4.69) is 20.6 Å². The van der Waals surface area contributed by atoms with Gasteiger partial charge in [0, 0.05) is 5.56 Å². The summed E-state index contributed by atoms with van der Waals surface area (Å²) in [6.45, 7) is 0. The minimum atomic E-state index is -0.782. The van der Waals surface area contributed by atoms with Crippen molar-refractivity contribution in [3.05, 3.63) is 28.8 Å². The fraction of sp³-hybridized carbons (Fsp3) is 0.176. The molecule has 0 bridgehead atoms. The second-order valence-corrected chi connectivity index (χ2v) is 5.68. The summed E-state index contributed by atoms with van der Waals surface area (Å²) in [5.74, 6) is 0.441. The Kier molecular flexibility index (Phi) is 4.66. The number of nitrogen functional groups attached to an aromatic ring is 2. The maximum atomic E-state index is 10.2. The number of benzene rings is 1. The van der Waals surface area contributed by atoms with E-state index in [4.69, 9.17) is 26.2 Å². The zero-order valence-electron chi connectivity index (χ0n) is 14.9. The van der Waals surface area contributed by atoms with Gasteiger partial charge in [0.15, 0.2) is 17.7 Å². The number of nitriles is 2. The third kappa shape index (κ3) is 2.87. The number of anilines is 3. The van der Waals surface area contributed by atoms with Gasteiger partial charge in [-0.3, -0.25) is 5.32 Å².